The highest BCUT2D eigenvalue weighted by molar-refractivity contribution is 5.86. The summed E-state index contributed by atoms with van der Waals surface area (Å²) in [5.41, 5.74) is -0.321. The van der Waals surface area contributed by atoms with E-state index in [9.17, 15) is 4.79 Å². The molecule has 4 heteroatoms. The third kappa shape index (κ3) is 4.28. The predicted molar refractivity (Wildman–Crippen MR) is 68.9 cm³/mol. The highest BCUT2D eigenvalue weighted by Gasteiger charge is 2.38. The summed E-state index contributed by atoms with van der Waals surface area (Å²) in [5.74, 6) is 0.676. The number of carbonyl (C=O) groups excluding carboxylic acids is 1. The molecule has 1 atom stereocenters. The van der Waals surface area contributed by atoms with E-state index in [-0.39, 0.29) is 11.4 Å². The van der Waals surface area contributed by atoms with Gasteiger partial charge in [0.05, 0.1) is 12.1 Å². The summed E-state index contributed by atoms with van der Waals surface area (Å²) >= 11 is 0. The van der Waals surface area contributed by atoms with Gasteiger partial charge in [0, 0.05) is 13.2 Å². The maximum atomic E-state index is 12.1. The molecule has 4 nitrogen and oxygen atoms in total. The van der Waals surface area contributed by atoms with Gasteiger partial charge in [0.15, 0.2) is 0 Å². The Balaban J connectivity index is 2.20. The van der Waals surface area contributed by atoms with Crippen molar-refractivity contribution in [3.8, 4) is 0 Å². The van der Waals surface area contributed by atoms with Crippen LogP contribution in [-0.4, -0.2) is 37.7 Å². The molecule has 1 amide bonds. The van der Waals surface area contributed by atoms with E-state index in [0.29, 0.717) is 19.1 Å². The molecular weight excluding hydrogens is 216 g/mol. The molecule has 0 aromatic rings. The Morgan fingerprint density at radius 1 is 1.53 bits per heavy atom. The third-order valence-corrected chi connectivity index (χ3v) is 3.27. The second-order valence-electron chi connectivity index (χ2n) is 5.19. The average Bonchev–Trinajstić information content (AvgIpc) is 2.77. The van der Waals surface area contributed by atoms with Gasteiger partial charge < -0.3 is 15.4 Å². The molecule has 1 unspecified atom stereocenters. The lowest BCUT2D eigenvalue weighted by Gasteiger charge is -2.26. The lowest BCUT2D eigenvalue weighted by atomic mass is 9.93. The predicted octanol–water partition coefficient (Wildman–Crippen LogP) is 1.31. The molecule has 0 aromatic carbocycles. The van der Waals surface area contributed by atoms with Gasteiger partial charge in [0.1, 0.15) is 0 Å². The molecule has 2 N–H and O–H groups in total. The van der Waals surface area contributed by atoms with Crippen LogP contribution in [0.15, 0.2) is 0 Å². The van der Waals surface area contributed by atoms with Crippen molar-refractivity contribution in [3.63, 3.8) is 0 Å². The topological polar surface area (TPSA) is 50.4 Å². The van der Waals surface area contributed by atoms with Crippen molar-refractivity contribution in [2.24, 2.45) is 5.92 Å². The van der Waals surface area contributed by atoms with Crippen molar-refractivity contribution in [2.75, 3.05) is 26.3 Å². The van der Waals surface area contributed by atoms with Crippen LogP contribution in [0.2, 0.25) is 0 Å². The van der Waals surface area contributed by atoms with Crippen LogP contribution in [0.1, 0.15) is 40.0 Å². The first-order chi connectivity index (χ1) is 8.10. The number of ether oxygens (including phenoxy) is 1. The second-order valence-corrected chi connectivity index (χ2v) is 5.19. The zero-order valence-electron chi connectivity index (χ0n) is 11.3. The van der Waals surface area contributed by atoms with Crippen molar-refractivity contribution in [3.05, 3.63) is 0 Å². The summed E-state index contributed by atoms with van der Waals surface area (Å²) in [6.45, 7) is 9.21. The van der Waals surface area contributed by atoms with E-state index in [4.69, 9.17) is 4.74 Å². The molecule has 1 fully saturated rings. The van der Waals surface area contributed by atoms with Crippen molar-refractivity contribution >= 4 is 5.91 Å². The third-order valence-electron chi connectivity index (χ3n) is 3.27. The Morgan fingerprint density at radius 2 is 2.29 bits per heavy atom. The van der Waals surface area contributed by atoms with Crippen LogP contribution >= 0.6 is 0 Å². The molecule has 0 aliphatic carbocycles. The number of nitrogens with one attached hydrogen (secondary N) is 2. The van der Waals surface area contributed by atoms with E-state index in [0.717, 1.165) is 32.4 Å². The zero-order valence-corrected chi connectivity index (χ0v) is 11.3. The van der Waals surface area contributed by atoms with Gasteiger partial charge in [-0.3, -0.25) is 4.79 Å². The summed E-state index contributed by atoms with van der Waals surface area (Å²) < 4.78 is 5.44. The fraction of sp³-hybridized carbons (Fsp3) is 0.923. The molecule has 0 bridgehead atoms. The van der Waals surface area contributed by atoms with Gasteiger partial charge >= 0.3 is 0 Å². The molecule has 0 radical (unpaired) electrons. The number of rotatable bonds is 7. The van der Waals surface area contributed by atoms with E-state index in [1.165, 1.54) is 0 Å². The summed E-state index contributed by atoms with van der Waals surface area (Å²) in [6.07, 6.45) is 2.89. The van der Waals surface area contributed by atoms with E-state index in [1.54, 1.807) is 0 Å². The molecule has 0 saturated carbocycles. The first-order valence-corrected chi connectivity index (χ1v) is 6.72. The van der Waals surface area contributed by atoms with Gasteiger partial charge in [-0.2, -0.15) is 0 Å². The molecule has 1 aliphatic heterocycles. The van der Waals surface area contributed by atoms with Gasteiger partial charge in [-0.1, -0.05) is 20.8 Å². The highest BCUT2D eigenvalue weighted by atomic mass is 16.5. The number of hydrogen-bond donors (Lipinski definition) is 2. The van der Waals surface area contributed by atoms with Crippen LogP contribution in [-0.2, 0) is 9.53 Å². The van der Waals surface area contributed by atoms with Crippen LogP contribution in [0.5, 0.6) is 0 Å². The first kappa shape index (κ1) is 14.5. The first-order valence-electron chi connectivity index (χ1n) is 6.72. The minimum atomic E-state index is -0.321. The molecule has 1 heterocycles. The van der Waals surface area contributed by atoms with Crippen molar-refractivity contribution < 1.29 is 9.53 Å². The van der Waals surface area contributed by atoms with Crippen LogP contribution < -0.4 is 10.6 Å². The lowest BCUT2D eigenvalue weighted by molar-refractivity contribution is -0.127. The second kappa shape index (κ2) is 6.97. The van der Waals surface area contributed by atoms with Gasteiger partial charge in [-0.15, -0.1) is 0 Å². The molecule has 1 rings (SSSR count). The maximum absolute atomic E-state index is 12.1. The van der Waals surface area contributed by atoms with Gasteiger partial charge in [-0.25, -0.2) is 0 Å². The Labute approximate surface area is 104 Å². The number of amides is 1. The van der Waals surface area contributed by atoms with Crippen molar-refractivity contribution in [1.82, 2.24) is 10.6 Å². The van der Waals surface area contributed by atoms with Crippen molar-refractivity contribution in [1.29, 1.82) is 0 Å². The lowest BCUT2D eigenvalue weighted by Crippen LogP contribution is -2.53. The molecule has 1 aliphatic rings. The Kier molecular flexibility index (Phi) is 5.92. The average molecular weight is 242 g/mol. The minimum absolute atomic E-state index is 0.130. The van der Waals surface area contributed by atoms with Gasteiger partial charge in [-0.05, 0) is 31.7 Å². The SMILES string of the molecule is CCC1(C(=O)NCCOCC(C)C)CCCN1. The van der Waals surface area contributed by atoms with E-state index in [2.05, 4.69) is 31.4 Å². The summed E-state index contributed by atoms with van der Waals surface area (Å²) in [7, 11) is 0. The monoisotopic (exact) mass is 242 g/mol. The Bertz CT molecular complexity index is 236. The number of hydrogen-bond acceptors (Lipinski definition) is 3. The molecular formula is C13H26N2O2. The van der Waals surface area contributed by atoms with Gasteiger partial charge in [0.25, 0.3) is 0 Å². The minimum Gasteiger partial charge on any atom is -0.379 e. The fourth-order valence-corrected chi connectivity index (χ4v) is 2.19. The summed E-state index contributed by atoms with van der Waals surface area (Å²) in [5, 5.41) is 6.29. The van der Waals surface area contributed by atoms with Crippen molar-refractivity contribution in [2.45, 2.75) is 45.6 Å². The van der Waals surface area contributed by atoms with Crippen LogP contribution in [0.25, 0.3) is 0 Å². The summed E-state index contributed by atoms with van der Waals surface area (Å²) in [6, 6.07) is 0. The summed E-state index contributed by atoms with van der Waals surface area (Å²) in [4.78, 5) is 12.1. The normalized spacial score (nSPS) is 24.2. The maximum Gasteiger partial charge on any atom is 0.240 e. The van der Waals surface area contributed by atoms with Gasteiger partial charge in [0.2, 0.25) is 5.91 Å². The van der Waals surface area contributed by atoms with E-state index in [1.807, 2.05) is 0 Å². The Morgan fingerprint density at radius 3 is 2.82 bits per heavy atom. The quantitative estimate of drug-likeness (QED) is 0.662. The zero-order chi connectivity index (χ0) is 12.7. The molecule has 17 heavy (non-hydrogen) atoms. The van der Waals surface area contributed by atoms with Crippen LogP contribution in [0.4, 0.5) is 0 Å². The Hall–Kier alpha value is -0.610. The van der Waals surface area contributed by atoms with Crippen LogP contribution in [0, 0.1) is 5.92 Å². The standard InChI is InChI=1S/C13H26N2O2/c1-4-13(6-5-7-15-13)12(16)14-8-9-17-10-11(2)3/h11,15H,4-10H2,1-3H3,(H,14,16). The highest BCUT2D eigenvalue weighted by Crippen LogP contribution is 2.22. The van der Waals surface area contributed by atoms with Crippen LogP contribution in [0.3, 0.4) is 0 Å². The largest absolute Gasteiger partial charge is 0.379 e. The molecule has 100 valence electrons. The molecule has 0 spiro atoms. The molecule has 0 aromatic heterocycles. The van der Waals surface area contributed by atoms with E-state index >= 15 is 0 Å². The molecule has 1 saturated heterocycles. The smallest absolute Gasteiger partial charge is 0.240 e. The fourth-order valence-electron chi connectivity index (χ4n) is 2.19. The number of carbonyl (C=O) groups is 1. The van der Waals surface area contributed by atoms with E-state index < -0.39 is 0 Å².